The minimum atomic E-state index is -0.0316. The summed E-state index contributed by atoms with van der Waals surface area (Å²) in [6.45, 7) is 4.73. The molecular formula is C53H34. The summed E-state index contributed by atoms with van der Waals surface area (Å²) in [6.07, 6.45) is 0. The van der Waals surface area contributed by atoms with Gasteiger partial charge in [-0.2, -0.15) is 0 Å². The zero-order valence-electron chi connectivity index (χ0n) is 29.7. The van der Waals surface area contributed by atoms with E-state index in [9.17, 15) is 0 Å². The maximum atomic E-state index is 2.45. The molecule has 0 spiro atoms. The lowest BCUT2D eigenvalue weighted by Gasteiger charge is -2.22. The van der Waals surface area contributed by atoms with E-state index in [1.807, 2.05) is 0 Å². The number of benzene rings is 11. The quantitative estimate of drug-likeness (QED) is 0.164. The molecule has 0 atom stereocenters. The van der Waals surface area contributed by atoms with Crippen LogP contribution in [0, 0.1) is 0 Å². The van der Waals surface area contributed by atoms with Crippen molar-refractivity contribution < 1.29 is 0 Å². The minimum absolute atomic E-state index is 0.0316. The van der Waals surface area contributed by atoms with Crippen molar-refractivity contribution in [2.24, 2.45) is 0 Å². The molecule has 0 heterocycles. The molecule has 0 unspecified atom stereocenters. The van der Waals surface area contributed by atoms with Gasteiger partial charge in [0.05, 0.1) is 0 Å². The minimum Gasteiger partial charge on any atom is -0.0619 e. The first-order valence-corrected chi connectivity index (χ1v) is 18.8. The summed E-state index contributed by atoms with van der Waals surface area (Å²) in [7, 11) is 0. The van der Waals surface area contributed by atoms with E-state index in [2.05, 4.69) is 184 Å². The van der Waals surface area contributed by atoms with Gasteiger partial charge in [-0.1, -0.05) is 178 Å². The fraction of sp³-hybridized carbons (Fsp3) is 0.0566. The van der Waals surface area contributed by atoms with Crippen LogP contribution in [0.2, 0.25) is 0 Å². The average molecular weight is 671 g/mol. The summed E-state index contributed by atoms with van der Waals surface area (Å²) in [5, 5.41) is 15.8. The standard InChI is InChI=1S/C53H34/c1-53(2)47-9-4-3-8-42(47)43-26-22-38(30-48(43)53)41-25-18-37-20-28-45-40(24-17-36-21-29-46(41)52(37)51(36)45)32-12-10-31(11-13-32)39-23-16-35-15-14-33-6-5-7-34-19-27-44(39)50(35)49(33)34/h3-30H,1-2H3. The second-order valence-electron chi connectivity index (χ2n) is 15.6. The van der Waals surface area contributed by atoms with E-state index in [4.69, 9.17) is 0 Å². The maximum absolute atomic E-state index is 2.45. The van der Waals surface area contributed by atoms with Gasteiger partial charge >= 0.3 is 0 Å². The maximum Gasteiger partial charge on any atom is 0.0159 e. The fourth-order valence-corrected chi connectivity index (χ4v) is 9.99. The fourth-order valence-electron chi connectivity index (χ4n) is 9.99. The lowest BCUT2D eigenvalue weighted by molar-refractivity contribution is 0.660. The SMILES string of the molecule is CC1(C)c2ccccc2-c2ccc(-c3ccc4ccc5c(-c6ccc(-c7ccc8ccc9cccc%10ccc7c8c9%10)cc6)ccc6ccc3c4c65)cc21. The second-order valence-corrected chi connectivity index (χ2v) is 15.6. The van der Waals surface area contributed by atoms with Gasteiger partial charge in [-0.05, 0) is 126 Å². The molecule has 1 aliphatic carbocycles. The van der Waals surface area contributed by atoms with Crippen LogP contribution in [0.4, 0.5) is 0 Å². The predicted molar refractivity (Wildman–Crippen MR) is 228 cm³/mol. The molecule has 0 amide bonds. The summed E-state index contributed by atoms with van der Waals surface area (Å²) < 4.78 is 0. The van der Waals surface area contributed by atoms with Crippen LogP contribution in [0.1, 0.15) is 25.0 Å². The van der Waals surface area contributed by atoms with E-state index in [0.717, 1.165) is 0 Å². The molecule has 12 rings (SSSR count). The Morgan fingerprint density at radius 3 is 1.25 bits per heavy atom. The monoisotopic (exact) mass is 670 g/mol. The summed E-state index contributed by atoms with van der Waals surface area (Å²) in [5.41, 5.74) is 13.1. The highest BCUT2D eigenvalue weighted by molar-refractivity contribution is 6.28. The molecule has 0 aliphatic heterocycles. The van der Waals surface area contributed by atoms with Gasteiger partial charge in [-0.25, -0.2) is 0 Å². The second kappa shape index (κ2) is 10.3. The third kappa shape index (κ3) is 3.90. The molecule has 246 valence electrons. The molecule has 0 aromatic heterocycles. The third-order valence-electron chi connectivity index (χ3n) is 12.6. The highest BCUT2D eigenvalue weighted by Gasteiger charge is 2.35. The van der Waals surface area contributed by atoms with Crippen LogP contribution in [0.3, 0.4) is 0 Å². The van der Waals surface area contributed by atoms with E-state index >= 15 is 0 Å². The molecule has 1 aliphatic rings. The highest BCUT2D eigenvalue weighted by atomic mass is 14.4. The molecule has 0 saturated heterocycles. The Morgan fingerprint density at radius 1 is 0.283 bits per heavy atom. The normalized spacial score (nSPS) is 13.6. The van der Waals surface area contributed by atoms with Crippen LogP contribution in [-0.4, -0.2) is 0 Å². The molecular weight excluding hydrogens is 637 g/mol. The van der Waals surface area contributed by atoms with Gasteiger partial charge in [0, 0.05) is 5.41 Å². The van der Waals surface area contributed by atoms with Crippen LogP contribution < -0.4 is 0 Å². The van der Waals surface area contributed by atoms with Gasteiger partial charge < -0.3 is 0 Å². The Labute approximate surface area is 308 Å². The smallest absolute Gasteiger partial charge is 0.0159 e. The lowest BCUT2D eigenvalue weighted by atomic mass is 9.81. The van der Waals surface area contributed by atoms with Gasteiger partial charge in [-0.15, -0.1) is 0 Å². The first kappa shape index (κ1) is 29.1. The topological polar surface area (TPSA) is 0 Å². The molecule has 53 heavy (non-hydrogen) atoms. The van der Waals surface area contributed by atoms with Crippen LogP contribution >= 0.6 is 0 Å². The first-order chi connectivity index (χ1) is 26.0. The van der Waals surface area contributed by atoms with E-state index in [0.29, 0.717) is 0 Å². The Balaban J connectivity index is 0.990. The van der Waals surface area contributed by atoms with Crippen molar-refractivity contribution in [3.8, 4) is 44.5 Å². The van der Waals surface area contributed by atoms with Crippen LogP contribution in [0.5, 0.6) is 0 Å². The van der Waals surface area contributed by atoms with Crippen LogP contribution in [-0.2, 0) is 5.41 Å². The van der Waals surface area contributed by atoms with E-state index in [1.165, 1.54) is 120 Å². The number of rotatable bonds is 3. The van der Waals surface area contributed by atoms with E-state index in [1.54, 1.807) is 0 Å². The molecule has 0 saturated carbocycles. The Hall–Kier alpha value is -6.50. The predicted octanol–water partition coefficient (Wildman–Crippen LogP) is 14.8. The highest BCUT2D eigenvalue weighted by Crippen LogP contribution is 2.50. The Morgan fingerprint density at radius 2 is 0.679 bits per heavy atom. The molecule has 0 radical (unpaired) electrons. The molecule has 0 N–H and O–H groups in total. The summed E-state index contributed by atoms with van der Waals surface area (Å²) in [6, 6.07) is 64.2. The summed E-state index contributed by atoms with van der Waals surface area (Å²) in [5.74, 6) is 0. The molecule has 0 fully saturated rings. The number of hydrogen-bond acceptors (Lipinski definition) is 0. The molecule has 11 aromatic carbocycles. The van der Waals surface area contributed by atoms with E-state index < -0.39 is 0 Å². The van der Waals surface area contributed by atoms with Crippen molar-refractivity contribution >= 4 is 64.6 Å². The van der Waals surface area contributed by atoms with Crippen molar-refractivity contribution in [3.63, 3.8) is 0 Å². The van der Waals surface area contributed by atoms with Crippen molar-refractivity contribution in [3.05, 3.63) is 181 Å². The van der Waals surface area contributed by atoms with Crippen LogP contribution in [0.15, 0.2) is 170 Å². The summed E-state index contributed by atoms with van der Waals surface area (Å²) in [4.78, 5) is 0. The molecule has 0 bridgehead atoms. The zero-order valence-corrected chi connectivity index (χ0v) is 29.7. The average Bonchev–Trinajstić information content (AvgIpc) is 3.44. The molecule has 0 nitrogen and oxygen atoms in total. The van der Waals surface area contributed by atoms with Crippen molar-refractivity contribution in [1.29, 1.82) is 0 Å². The number of hydrogen-bond donors (Lipinski definition) is 0. The van der Waals surface area contributed by atoms with Crippen molar-refractivity contribution in [1.82, 2.24) is 0 Å². The van der Waals surface area contributed by atoms with E-state index in [-0.39, 0.29) is 5.41 Å². The zero-order chi connectivity index (χ0) is 35.0. The van der Waals surface area contributed by atoms with Gasteiger partial charge in [0.25, 0.3) is 0 Å². The van der Waals surface area contributed by atoms with Gasteiger partial charge in [0.15, 0.2) is 0 Å². The summed E-state index contributed by atoms with van der Waals surface area (Å²) >= 11 is 0. The Bertz CT molecular complexity index is 3270. The van der Waals surface area contributed by atoms with Crippen LogP contribution in [0.25, 0.3) is 109 Å². The Kier molecular flexibility index (Phi) is 5.66. The molecule has 0 heteroatoms. The number of fused-ring (bicyclic) bond motifs is 3. The third-order valence-corrected chi connectivity index (χ3v) is 12.6. The molecule has 11 aromatic rings. The van der Waals surface area contributed by atoms with Crippen molar-refractivity contribution in [2.75, 3.05) is 0 Å². The lowest BCUT2D eigenvalue weighted by Crippen LogP contribution is -2.14. The van der Waals surface area contributed by atoms with Crippen molar-refractivity contribution in [2.45, 2.75) is 19.3 Å². The van der Waals surface area contributed by atoms with Gasteiger partial charge in [0.2, 0.25) is 0 Å². The van der Waals surface area contributed by atoms with Gasteiger partial charge in [-0.3, -0.25) is 0 Å². The first-order valence-electron chi connectivity index (χ1n) is 18.8. The largest absolute Gasteiger partial charge is 0.0619 e. The van der Waals surface area contributed by atoms with Gasteiger partial charge in [0.1, 0.15) is 0 Å².